The summed E-state index contributed by atoms with van der Waals surface area (Å²) >= 11 is 3.55. The van der Waals surface area contributed by atoms with Gasteiger partial charge < -0.3 is 9.84 Å². The molecule has 0 bridgehead atoms. The molecule has 0 heterocycles. The second-order valence-corrected chi connectivity index (χ2v) is 6.09. The van der Waals surface area contributed by atoms with Crippen molar-refractivity contribution in [3.8, 4) is 5.75 Å². The molecule has 1 aromatic rings. The van der Waals surface area contributed by atoms with Gasteiger partial charge >= 0.3 is 5.97 Å². The summed E-state index contributed by atoms with van der Waals surface area (Å²) < 4.78 is 6.88. The minimum atomic E-state index is -0.743. The third-order valence-electron chi connectivity index (χ3n) is 3.26. The first-order valence-electron chi connectivity index (χ1n) is 6.70. The van der Waals surface area contributed by atoms with Gasteiger partial charge in [-0.15, -0.1) is 0 Å². The van der Waals surface area contributed by atoms with Crippen molar-refractivity contribution in [2.45, 2.75) is 39.0 Å². The molecule has 1 aliphatic rings. The van der Waals surface area contributed by atoms with Crippen molar-refractivity contribution >= 4 is 21.9 Å². The number of carbonyl (C=O) groups is 1. The van der Waals surface area contributed by atoms with Gasteiger partial charge in [-0.25, -0.2) is 0 Å². The summed E-state index contributed by atoms with van der Waals surface area (Å²) in [6.45, 7) is 2.81. The molecule has 0 aliphatic heterocycles. The van der Waals surface area contributed by atoms with Crippen LogP contribution in [0.5, 0.6) is 5.75 Å². The molecule has 0 spiro atoms. The second kappa shape index (κ2) is 6.42. The van der Waals surface area contributed by atoms with E-state index < -0.39 is 5.97 Å². The quantitative estimate of drug-likeness (QED) is 0.825. The summed E-state index contributed by atoms with van der Waals surface area (Å²) in [6, 6.07) is 4.14. The van der Waals surface area contributed by atoms with Crippen LogP contribution in [0.3, 0.4) is 0 Å². The summed E-state index contributed by atoms with van der Waals surface area (Å²) in [4.78, 5) is 10.6. The molecule has 0 amide bonds. The lowest BCUT2D eigenvalue weighted by molar-refractivity contribution is -0.137. The summed E-state index contributed by atoms with van der Waals surface area (Å²) in [5, 5.41) is 8.71. The Kier molecular flexibility index (Phi) is 4.86. The normalized spacial score (nSPS) is 14.4. The highest BCUT2D eigenvalue weighted by atomic mass is 79.9. The first-order valence-corrected chi connectivity index (χ1v) is 7.49. The maximum Gasteiger partial charge on any atom is 0.303 e. The van der Waals surface area contributed by atoms with Crippen LogP contribution >= 0.6 is 15.9 Å². The van der Waals surface area contributed by atoms with Gasteiger partial charge in [-0.3, -0.25) is 4.79 Å². The fourth-order valence-corrected chi connectivity index (χ4v) is 2.79. The Bertz CT molecular complexity index is 467. The molecule has 0 atom stereocenters. The van der Waals surface area contributed by atoms with Crippen LogP contribution in [0, 0.1) is 12.8 Å². The largest absolute Gasteiger partial charge is 0.492 e. The fraction of sp³-hybridized carbons (Fsp3) is 0.533. The Morgan fingerprint density at radius 3 is 2.84 bits per heavy atom. The number of ether oxygens (including phenoxy) is 1. The summed E-state index contributed by atoms with van der Waals surface area (Å²) in [5.74, 6) is 0.857. The molecule has 4 heteroatoms. The van der Waals surface area contributed by atoms with Crippen LogP contribution in [0.2, 0.25) is 0 Å². The van der Waals surface area contributed by atoms with Gasteiger partial charge in [0.1, 0.15) is 5.75 Å². The van der Waals surface area contributed by atoms with Gasteiger partial charge in [0.2, 0.25) is 0 Å². The first-order chi connectivity index (χ1) is 9.06. The van der Waals surface area contributed by atoms with E-state index in [-0.39, 0.29) is 6.42 Å². The molecule has 3 nitrogen and oxygen atoms in total. The van der Waals surface area contributed by atoms with E-state index in [9.17, 15) is 4.79 Å². The van der Waals surface area contributed by atoms with E-state index in [4.69, 9.17) is 9.84 Å². The third-order valence-corrected chi connectivity index (χ3v) is 3.85. The van der Waals surface area contributed by atoms with E-state index in [0.29, 0.717) is 12.3 Å². The molecule has 1 N–H and O–H groups in total. The van der Waals surface area contributed by atoms with Crippen LogP contribution in [0.15, 0.2) is 16.6 Å². The summed E-state index contributed by atoms with van der Waals surface area (Å²) in [5.41, 5.74) is 2.27. The minimum absolute atomic E-state index is 0.202. The minimum Gasteiger partial charge on any atom is -0.492 e. The van der Waals surface area contributed by atoms with E-state index in [2.05, 4.69) is 22.0 Å². The van der Waals surface area contributed by atoms with Gasteiger partial charge in [0.25, 0.3) is 0 Å². The molecule has 1 aromatic carbocycles. The SMILES string of the molecule is Cc1cc(Br)c(OCC2CC2)c(CCCC(=O)O)c1. The predicted octanol–water partition coefficient (Wildman–Crippen LogP) is 3.95. The van der Waals surface area contributed by atoms with Gasteiger partial charge in [0, 0.05) is 6.42 Å². The van der Waals surface area contributed by atoms with Crippen LogP contribution < -0.4 is 4.74 Å². The standard InChI is InChI=1S/C15H19BrO3/c1-10-7-12(3-2-4-14(17)18)15(13(16)8-10)19-9-11-5-6-11/h7-8,11H,2-6,9H2,1H3,(H,17,18). The smallest absolute Gasteiger partial charge is 0.303 e. The van der Waals surface area contributed by atoms with E-state index in [1.165, 1.54) is 12.8 Å². The molecule has 0 radical (unpaired) electrons. The number of carboxylic acids is 1. The van der Waals surface area contributed by atoms with Crippen LogP contribution in [-0.2, 0) is 11.2 Å². The highest BCUT2D eigenvalue weighted by Crippen LogP contribution is 2.35. The molecule has 104 valence electrons. The van der Waals surface area contributed by atoms with Gasteiger partial charge in [0.15, 0.2) is 0 Å². The average molecular weight is 327 g/mol. The molecule has 19 heavy (non-hydrogen) atoms. The molecule has 0 aromatic heterocycles. The third kappa shape index (κ3) is 4.53. The summed E-state index contributed by atoms with van der Waals surface area (Å²) in [6.07, 6.45) is 4.11. The van der Waals surface area contributed by atoms with E-state index in [0.717, 1.165) is 34.4 Å². The molecule has 0 unspecified atom stereocenters. The Hall–Kier alpha value is -1.03. The number of benzene rings is 1. The van der Waals surface area contributed by atoms with Gasteiger partial charge in [0.05, 0.1) is 11.1 Å². The molecular formula is C15H19BrO3. The topological polar surface area (TPSA) is 46.5 Å². The molecule has 1 fully saturated rings. The maximum atomic E-state index is 10.6. The average Bonchev–Trinajstić information content (AvgIpc) is 3.11. The van der Waals surface area contributed by atoms with Crippen molar-refractivity contribution in [1.82, 2.24) is 0 Å². The van der Waals surface area contributed by atoms with Crippen LogP contribution in [0.25, 0.3) is 0 Å². The second-order valence-electron chi connectivity index (χ2n) is 5.24. The van der Waals surface area contributed by atoms with Crippen molar-refractivity contribution in [2.75, 3.05) is 6.61 Å². The zero-order valence-electron chi connectivity index (χ0n) is 11.1. The van der Waals surface area contributed by atoms with E-state index in [1.807, 2.05) is 13.0 Å². The molecule has 1 saturated carbocycles. The Morgan fingerprint density at radius 2 is 2.21 bits per heavy atom. The number of hydrogen-bond donors (Lipinski definition) is 1. The van der Waals surface area contributed by atoms with Gasteiger partial charge in [-0.05, 0) is 71.6 Å². The van der Waals surface area contributed by atoms with Crippen LogP contribution in [0.4, 0.5) is 0 Å². The monoisotopic (exact) mass is 326 g/mol. The number of rotatable bonds is 7. The van der Waals surface area contributed by atoms with Gasteiger partial charge in [-0.1, -0.05) is 6.07 Å². The highest BCUT2D eigenvalue weighted by Gasteiger charge is 2.23. The van der Waals surface area contributed by atoms with Crippen molar-refractivity contribution in [3.63, 3.8) is 0 Å². The number of carboxylic acid groups (broad SMARTS) is 1. The Balaban J connectivity index is 2.05. The lowest BCUT2D eigenvalue weighted by atomic mass is 10.0. The van der Waals surface area contributed by atoms with Crippen molar-refractivity contribution in [1.29, 1.82) is 0 Å². The number of hydrogen-bond acceptors (Lipinski definition) is 2. The first kappa shape index (κ1) is 14.4. The predicted molar refractivity (Wildman–Crippen MR) is 77.7 cm³/mol. The zero-order valence-corrected chi connectivity index (χ0v) is 12.7. The maximum absolute atomic E-state index is 10.6. The Morgan fingerprint density at radius 1 is 1.47 bits per heavy atom. The lowest BCUT2D eigenvalue weighted by Gasteiger charge is -2.14. The Labute approximate surface area is 122 Å². The van der Waals surface area contributed by atoms with Crippen molar-refractivity contribution < 1.29 is 14.6 Å². The van der Waals surface area contributed by atoms with Crippen molar-refractivity contribution in [3.05, 3.63) is 27.7 Å². The zero-order chi connectivity index (χ0) is 13.8. The molecule has 2 rings (SSSR count). The molecule has 0 saturated heterocycles. The number of aliphatic carboxylic acids is 1. The highest BCUT2D eigenvalue weighted by molar-refractivity contribution is 9.10. The molecule has 1 aliphatic carbocycles. The van der Waals surface area contributed by atoms with E-state index >= 15 is 0 Å². The van der Waals surface area contributed by atoms with Crippen molar-refractivity contribution in [2.24, 2.45) is 5.92 Å². The lowest BCUT2D eigenvalue weighted by Crippen LogP contribution is -2.04. The van der Waals surface area contributed by atoms with Crippen LogP contribution in [-0.4, -0.2) is 17.7 Å². The number of halogens is 1. The van der Waals surface area contributed by atoms with E-state index in [1.54, 1.807) is 0 Å². The van der Waals surface area contributed by atoms with Crippen LogP contribution in [0.1, 0.15) is 36.8 Å². The molecular weight excluding hydrogens is 308 g/mol. The van der Waals surface area contributed by atoms with Gasteiger partial charge in [-0.2, -0.15) is 0 Å². The fourth-order valence-electron chi connectivity index (χ4n) is 2.06. The summed E-state index contributed by atoms with van der Waals surface area (Å²) in [7, 11) is 0. The number of aryl methyl sites for hydroxylation is 2.